The maximum atomic E-state index is 12.0. The van der Waals surface area contributed by atoms with Gasteiger partial charge in [-0.05, 0) is 31.0 Å². The fourth-order valence-corrected chi connectivity index (χ4v) is 2.44. The molecule has 1 aromatic heterocycles. The molecule has 0 unspecified atom stereocenters. The molecule has 0 fully saturated rings. The minimum absolute atomic E-state index is 0.0564. The summed E-state index contributed by atoms with van der Waals surface area (Å²) in [6, 6.07) is 6.92. The first-order valence-corrected chi connectivity index (χ1v) is 8.64. The van der Waals surface area contributed by atoms with E-state index in [2.05, 4.69) is 15.6 Å². The average molecular weight is 410 g/mol. The number of carbonyl (C=O) groups excluding carboxylic acids is 3. The molecule has 142 valence electrons. The molecule has 0 atom stereocenters. The number of carbonyl (C=O) groups is 3. The maximum Gasteiger partial charge on any atom is 0.340 e. The molecular formula is C18H17Cl2N3O4. The van der Waals surface area contributed by atoms with Gasteiger partial charge in [0.1, 0.15) is 5.15 Å². The average Bonchev–Trinajstić information content (AvgIpc) is 2.63. The molecule has 0 spiro atoms. The van der Waals surface area contributed by atoms with Gasteiger partial charge in [0.15, 0.2) is 6.61 Å². The lowest BCUT2D eigenvalue weighted by Gasteiger charge is -2.12. The number of aromatic nitrogens is 1. The van der Waals surface area contributed by atoms with Crippen molar-refractivity contribution in [3.8, 4) is 0 Å². The van der Waals surface area contributed by atoms with Crippen molar-refractivity contribution in [3.05, 3.63) is 57.3 Å². The zero-order valence-electron chi connectivity index (χ0n) is 14.6. The highest BCUT2D eigenvalue weighted by atomic mass is 35.5. The number of esters is 1. The van der Waals surface area contributed by atoms with Gasteiger partial charge in [-0.3, -0.25) is 9.59 Å². The number of pyridine rings is 1. The topological polar surface area (TPSA) is 97.4 Å². The molecule has 1 aromatic carbocycles. The molecule has 0 aliphatic carbocycles. The predicted molar refractivity (Wildman–Crippen MR) is 102 cm³/mol. The Morgan fingerprint density at radius 3 is 2.41 bits per heavy atom. The number of amides is 2. The summed E-state index contributed by atoms with van der Waals surface area (Å²) in [6.07, 6.45) is 1.19. The van der Waals surface area contributed by atoms with Gasteiger partial charge in [-0.1, -0.05) is 41.4 Å². The van der Waals surface area contributed by atoms with E-state index in [9.17, 15) is 14.4 Å². The molecule has 7 nitrogen and oxygen atoms in total. The smallest absolute Gasteiger partial charge is 0.340 e. The summed E-state index contributed by atoms with van der Waals surface area (Å²) < 4.78 is 4.85. The summed E-state index contributed by atoms with van der Waals surface area (Å²) >= 11 is 11.4. The van der Waals surface area contributed by atoms with E-state index < -0.39 is 18.5 Å². The Labute approximate surface area is 166 Å². The van der Waals surface area contributed by atoms with Gasteiger partial charge in [0.25, 0.3) is 5.91 Å². The van der Waals surface area contributed by atoms with Gasteiger partial charge in [0.05, 0.1) is 17.1 Å². The first kappa shape index (κ1) is 20.7. The zero-order chi connectivity index (χ0) is 20.0. The maximum absolute atomic E-state index is 12.0. The minimum Gasteiger partial charge on any atom is -0.452 e. The number of benzene rings is 1. The van der Waals surface area contributed by atoms with E-state index in [0.29, 0.717) is 5.69 Å². The molecule has 0 saturated carbocycles. The Hall–Kier alpha value is -2.64. The number of hydrogen-bond donors (Lipinski definition) is 2. The highest BCUT2D eigenvalue weighted by Crippen LogP contribution is 2.20. The Morgan fingerprint density at radius 1 is 1.11 bits per heavy atom. The number of ether oxygens (including phenoxy) is 1. The molecule has 0 aliphatic heterocycles. The van der Waals surface area contributed by atoms with E-state index in [0.717, 1.165) is 11.1 Å². The summed E-state index contributed by atoms with van der Waals surface area (Å²) in [6.45, 7) is 2.95. The highest BCUT2D eigenvalue weighted by Gasteiger charge is 2.14. The van der Waals surface area contributed by atoms with Crippen LogP contribution in [0.4, 0.5) is 5.69 Å². The first-order valence-electron chi connectivity index (χ1n) is 7.89. The van der Waals surface area contributed by atoms with Crippen LogP contribution in [0.5, 0.6) is 0 Å². The summed E-state index contributed by atoms with van der Waals surface area (Å²) in [5.41, 5.74) is 2.60. The molecule has 0 bridgehead atoms. The molecule has 2 N–H and O–H groups in total. The molecule has 0 radical (unpaired) electrons. The molecule has 2 amide bonds. The fourth-order valence-electron chi connectivity index (χ4n) is 2.17. The van der Waals surface area contributed by atoms with E-state index in [-0.39, 0.29) is 28.2 Å². The Balaban J connectivity index is 1.79. The van der Waals surface area contributed by atoms with Crippen molar-refractivity contribution in [2.24, 2.45) is 0 Å². The van der Waals surface area contributed by atoms with Crippen LogP contribution in [0.2, 0.25) is 10.2 Å². The third-order valence-corrected chi connectivity index (χ3v) is 4.24. The van der Waals surface area contributed by atoms with Gasteiger partial charge in [0.2, 0.25) is 5.91 Å². The van der Waals surface area contributed by atoms with Crippen molar-refractivity contribution in [2.45, 2.75) is 13.8 Å². The number of hydrogen-bond acceptors (Lipinski definition) is 5. The van der Waals surface area contributed by atoms with Gasteiger partial charge in [-0.25, -0.2) is 9.78 Å². The predicted octanol–water partition coefficient (Wildman–Crippen LogP) is 2.92. The molecule has 27 heavy (non-hydrogen) atoms. The van der Waals surface area contributed by atoms with Crippen LogP contribution in [-0.4, -0.2) is 35.9 Å². The minimum atomic E-state index is -0.781. The lowest BCUT2D eigenvalue weighted by Crippen LogP contribution is -2.35. The first-order chi connectivity index (χ1) is 12.8. The monoisotopic (exact) mass is 409 g/mol. The van der Waals surface area contributed by atoms with Gasteiger partial charge < -0.3 is 15.4 Å². The summed E-state index contributed by atoms with van der Waals surface area (Å²) in [4.78, 5) is 39.3. The number of anilines is 1. The van der Waals surface area contributed by atoms with Crippen molar-refractivity contribution in [3.63, 3.8) is 0 Å². The van der Waals surface area contributed by atoms with Crippen LogP contribution in [0.1, 0.15) is 21.5 Å². The molecule has 1 heterocycles. The van der Waals surface area contributed by atoms with Crippen LogP contribution in [0, 0.1) is 13.8 Å². The lowest BCUT2D eigenvalue weighted by atomic mass is 10.1. The molecule has 2 aromatic rings. The number of rotatable bonds is 6. The number of nitrogens with zero attached hydrogens (tertiary/aromatic N) is 1. The summed E-state index contributed by atoms with van der Waals surface area (Å²) in [5.74, 6) is -1.79. The van der Waals surface area contributed by atoms with Gasteiger partial charge in [-0.2, -0.15) is 0 Å². The second-order valence-electron chi connectivity index (χ2n) is 5.66. The van der Waals surface area contributed by atoms with Crippen LogP contribution in [0.25, 0.3) is 0 Å². The number of aryl methyl sites for hydroxylation is 2. The summed E-state index contributed by atoms with van der Waals surface area (Å²) in [7, 11) is 0. The van der Waals surface area contributed by atoms with E-state index in [1.165, 1.54) is 12.3 Å². The van der Waals surface area contributed by atoms with Crippen LogP contribution in [-0.2, 0) is 14.3 Å². The molecule has 2 rings (SSSR count). The van der Waals surface area contributed by atoms with E-state index >= 15 is 0 Å². The fraction of sp³-hybridized carbons (Fsp3) is 0.222. The van der Waals surface area contributed by atoms with E-state index in [1.807, 2.05) is 32.0 Å². The third-order valence-electron chi connectivity index (χ3n) is 3.56. The third kappa shape index (κ3) is 5.94. The van der Waals surface area contributed by atoms with E-state index in [1.54, 1.807) is 0 Å². The number of halogens is 2. The van der Waals surface area contributed by atoms with Crippen LogP contribution in [0.15, 0.2) is 30.5 Å². The normalized spacial score (nSPS) is 10.2. The quantitative estimate of drug-likeness (QED) is 0.564. The zero-order valence-corrected chi connectivity index (χ0v) is 16.1. The SMILES string of the molecule is Cc1cccc(C)c1NC(=O)CNC(=O)COC(=O)c1cnc(Cl)c(Cl)c1. The van der Waals surface area contributed by atoms with Crippen LogP contribution in [0.3, 0.4) is 0 Å². The van der Waals surface area contributed by atoms with E-state index in [4.69, 9.17) is 27.9 Å². The Morgan fingerprint density at radius 2 is 1.78 bits per heavy atom. The second-order valence-corrected chi connectivity index (χ2v) is 6.43. The van der Waals surface area contributed by atoms with Gasteiger partial charge >= 0.3 is 5.97 Å². The highest BCUT2D eigenvalue weighted by molar-refractivity contribution is 6.41. The van der Waals surface area contributed by atoms with Crippen molar-refractivity contribution in [1.82, 2.24) is 10.3 Å². The number of para-hydroxylation sites is 1. The van der Waals surface area contributed by atoms with Crippen LogP contribution >= 0.6 is 23.2 Å². The van der Waals surface area contributed by atoms with Crippen molar-refractivity contribution < 1.29 is 19.1 Å². The summed E-state index contributed by atoms with van der Waals surface area (Å²) in [5, 5.41) is 5.27. The molecule has 9 heteroatoms. The van der Waals surface area contributed by atoms with Crippen molar-refractivity contribution in [1.29, 1.82) is 0 Å². The molecule has 0 aliphatic rings. The van der Waals surface area contributed by atoms with Crippen molar-refractivity contribution >= 4 is 46.7 Å². The number of nitrogens with one attached hydrogen (secondary N) is 2. The standard InChI is InChI=1S/C18H17Cl2N3O4/c1-10-4-3-5-11(2)16(10)23-14(24)8-21-15(25)9-27-18(26)12-6-13(19)17(20)22-7-12/h3-7H,8-9H2,1-2H3,(H,21,25)(H,23,24). The van der Waals surface area contributed by atoms with Gasteiger partial charge in [-0.15, -0.1) is 0 Å². The van der Waals surface area contributed by atoms with Crippen LogP contribution < -0.4 is 10.6 Å². The molecule has 0 saturated heterocycles. The lowest BCUT2D eigenvalue weighted by molar-refractivity contribution is -0.126. The Bertz CT molecular complexity index is 867. The second kappa shape index (κ2) is 9.34. The van der Waals surface area contributed by atoms with Crippen molar-refractivity contribution in [2.75, 3.05) is 18.5 Å². The van der Waals surface area contributed by atoms with Gasteiger partial charge in [0, 0.05) is 11.9 Å². The largest absolute Gasteiger partial charge is 0.452 e. The molecular weight excluding hydrogens is 393 g/mol. The Kier molecular flexibility index (Phi) is 7.15.